The number of carbonyl (C=O) groups is 2. The third-order valence-corrected chi connectivity index (χ3v) is 4.60. The van der Waals surface area contributed by atoms with E-state index in [4.69, 9.17) is 19.6 Å². The van der Waals surface area contributed by atoms with Crippen LogP contribution in [-0.4, -0.2) is 18.5 Å². The molecule has 0 aliphatic rings. The molecule has 1 heterocycles. The second-order valence-electron chi connectivity index (χ2n) is 6.45. The molecule has 0 atom stereocenters. The molecule has 3 aromatic carbocycles. The van der Waals surface area contributed by atoms with Crippen LogP contribution in [0.4, 0.5) is 5.69 Å². The summed E-state index contributed by atoms with van der Waals surface area (Å²) in [7, 11) is 0. The number of carbonyl (C=O) groups excluding carboxylic acids is 2. The van der Waals surface area contributed by atoms with E-state index in [0.29, 0.717) is 16.3 Å². The van der Waals surface area contributed by atoms with Crippen molar-refractivity contribution in [2.45, 2.75) is 6.92 Å². The zero-order valence-electron chi connectivity index (χ0n) is 16.0. The lowest BCUT2D eigenvalue weighted by Gasteiger charge is -2.13. The number of fused-ring (bicyclic) bond motifs is 3. The average molecular weight is 403 g/mol. The first kappa shape index (κ1) is 19.2. The molecule has 0 bridgehead atoms. The molecule has 2 N–H and O–H groups in total. The molecule has 0 amide bonds. The van der Waals surface area contributed by atoms with Gasteiger partial charge in [-0.25, -0.2) is 14.4 Å². The van der Waals surface area contributed by atoms with Gasteiger partial charge in [0.25, 0.3) is 0 Å². The SMILES string of the molecule is CCOC(=O)c1c(N)c(=O)oc2c1cc(OC(=O)c1ccccc1)c1ccccc12. The van der Waals surface area contributed by atoms with Crippen LogP contribution in [0.1, 0.15) is 27.6 Å². The maximum Gasteiger partial charge on any atom is 0.360 e. The summed E-state index contributed by atoms with van der Waals surface area (Å²) in [5, 5.41) is 1.26. The Hall–Kier alpha value is -4.13. The van der Waals surface area contributed by atoms with Gasteiger partial charge in [-0.3, -0.25) is 0 Å². The Labute approximate surface area is 170 Å². The summed E-state index contributed by atoms with van der Waals surface area (Å²) in [6.45, 7) is 1.74. The highest BCUT2D eigenvalue weighted by Crippen LogP contribution is 2.36. The Morgan fingerprint density at radius 3 is 2.30 bits per heavy atom. The summed E-state index contributed by atoms with van der Waals surface area (Å²) in [5.41, 5.74) is 5.05. The van der Waals surface area contributed by atoms with E-state index in [0.717, 1.165) is 0 Å². The third kappa shape index (κ3) is 3.26. The summed E-state index contributed by atoms with van der Waals surface area (Å²) in [5.74, 6) is -1.13. The molecule has 0 radical (unpaired) electrons. The molecule has 0 spiro atoms. The fourth-order valence-electron chi connectivity index (χ4n) is 3.25. The standard InChI is InChI=1S/C23H17NO6/c1-2-28-22(26)18-16-12-17(29-21(25)13-8-4-3-5-9-13)14-10-6-7-11-15(14)20(16)30-23(27)19(18)24/h3-12H,2,24H2,1H3. The van der Waals surface area contributed by atoms with Gasteiger partial charge in [0, 0.05) is 16.2 Å². The zero-order chi connectivity index (χ0) is 21.3. The van der Waals surface area contributed by atoms with E-state index in [1.54, 1.807) is 61.5 Å². The van der Waals surface area contributed by atoms with Crippen molar-refractivity contribution in [3.8, 4) is 5.75 Å². The van der Waals surface area contributed by atoms with Crippen LogP contribution in [0.2, 0.25) is 0 Å². The summed E-state index contributed by atoms with van der Waals surface area (Å²) < 4.78 is 16.1. The lowest BCUT2D eigenvalue weighted by Crippen LogP contribution is -2.17. The maximum absolute atomic E-state index is 12.6. The molecule has 0 fully saturated rings. The molecule has 0 aliphatic carbocycles. The largest absolute Gasteiger partial charge is 0.462 e. The van der Waals surface area contributed by atoms with Gasteiger partial charge in [-0.1, -0.05) is 42.5 Å². The fraction of sp³-hybridized carbons (Fsp3) is 0.0870. The Kier molecular flexibility index (Phi) is 4.93. The van der Waals surface area contributed by atoms with Gasteiger partial charge in [-0.15, -0.1) is 0 Å². The van der Waals surface area contributed by atoms with E-state index in [9.17, 15) is 14.4 Å². The van der Waals surface area contributed by atoms with Crippen LogP contribution in [-0.2, 0) is 4.74 Å². The number of benzene rings is 3. The number of anilines is 1. The molecule has 4 aromatic rings. The van der Waals surface area contributed by atoms with Gasteiger partial charge in [0.1, 0.15) is 22.6 Å². The van der Waals surface area contributed by atoms with E-state index in [2.05, 4.69) is 0 Å². The molecule has 7 nitrogen and oxygen atoms in total. The number of nitrogens with two attached hydrogens (primary N) is 1. The Balaban J connectivity index is 1.99. The molecule has 0 unspecified atom stereocenters. The zero-order valence-corrected chi connectivity index (χ0v) is 16.0. The van der Waals surface area contributed by atoms with E-state index >= 15 is 0 Å². The van der Waals surface area contributed by atoms with Crippen molar-refractivity contribution in [1.82, 2.24) is 0 Å². The minimum atomic E-state index is -0.843. The molecule has 0 saturated heterocycles. The minimum absolute atomic E-state index is 0.101. The van der Waals surface area contributed by atoms with Crippen molar-refractivity contribution >= 4 is 39.4 Å². The quantitative estimate of drug-likeness (QED) is 0.238. The summed E-state index contributed by atoms with van der Waals surface area (Å²) >= 11 is 0. The van der Waals surface area contributed by atoms with Crippen LogP contribution >= 0.6 is 0 Å². The first-order chi connectivity index (χ1) is 14.5. The fourth-order valence-corrected chi connectivity index (χ4v) is 3.25. The molecule has 30 heavy (non-hydrogen) atoms. The number of esters is 2. The highest BCUT2D eigenvalue weighted by molar-refractivity contribution is 6.16. The van der Waals surface area contributed by atoms with Crippen LogP contribution in [0, 0.1) is 0 Å². The van der Waals surface area contributed by atoms with Crippen LogP contribution < -0.4 is 16.1 Å². The van der Waals surface area contributed by atoms with Gasteiger partial charge in [0.2, 0.25) is 0 Å². The first-order valence-electron chi connectivity index (χ1n) is 9.23. The monoisotopic (exact) mass is 403 g/mol. The van der Waals surface area contributed by atoms with Crippen LogP contribution in [0.5, 0.6) is 5.75 Å². The Morgan fingerprint density at radius 2 is 1.60 bits per heavy atom. The van der Waals surface area contributed by atoms with Crippen LogP contribution in [0.15, 0.2) is 69.9 Å². The van der Waals surface area contributed by atoms with Gasteiger partial charge < -0.3 is 19.6 Å². The molecule has 0 aliphatic heterocycles. The van der Waals surface area contributed by atoms with Gasteiger partial charge in [0.05, 0.1) is 12.2 Å². The third-order valence-electron chi connectivity index (χ3n) is 4.60. The van der Waals surface area contributed by atoms with Gasteiger partial charge >= 0.3 is 17.6 Å². The van der Waals surface area contributed by atoms with Crippen molar-refractivity contribution in [1.29, 1.82) is 0 Å². The van der Waals surface area contributed by atoms with Crippen molar-refractivity contribution < 1.29 is 23.5 Å². The normalized spacial score (nSPS) is 10.8. The van der Waals surface area contributed by atoms with Gasteiger partial charge in [-0.05, 0) is 25.1 Å². The number of nitrogen functional groups attached to an aromatic ring is 1. The summed E-state index contributed by atoms with van der Waals surface area (Å²) in [6.07, 6.45) is 0. The molecular weight excluding hydrogens is 386 g/mol. The average Bonchev–Trinajstić information content (AvgIpc) is 2.76. The van der Waals surface area contributed by atoms with Crippen molar-refractivity contribution in [3.63, 3.8) is 0 Å². The molecular formula is C23H17NO6. The molecule has 7 heteroatoms. The predicted molar refractivity (Wildman–Crippen MR) is 112 cm³/mol. The molecule has 4 rings (SSSR count). The van der Waals surface area contributed by atoms with E-state index in [1.807, 2.05) is 0 Å². The van der Waals surface area contributed by atoms with Gasteiger partial charge in [-0.2, -0.15) is 0 Å². The Bertz CT molecular complexity index is 1340. The predicted octanol–water partition coefficient (Wildman–Crippen LogP) is 3.92. The van der Waals surface area contributed by atoms with E-state index in [1.165, 1.54) is 6.07 Å². The van der Waals surface area contributed by atoms with Crippen LogP contribution in [0.25, 0.3) is 21.7 Å². The van der Waals surface area contributed by atoms with Crippen LogP contribution in [0.3, 0.4) is 0 Å². The minimum Gasteiger partial charge on any atom is -0.462 e. The topological polar surface area (TPSA) is 109 Å². The highest BCUT2D eigenvalue weighted by Gasteiger charge is 2.23. The van der Waals surface area contributed by atoms with E-state index < -0.39 is 17.6 Å². The molecule has 1 aromatic heterocycles. The Morgan fingerprint density at radius 1 is 0.933 bits per heavy atom. The van der Waals surface area contributed by atoms with Crippen molar-refractivity contribution in [2.75, 3.05) is 12.3 Å². The molecule has 150 valence electrons. The second-order valence-corrected chi connectivity index (χ2v) is 6.45. The summed E-state index contributed by atoms with van der Waals surface area (Å²) in [4.78, 5) is 37.4. The number of hydrogen-bond acceptors (Lipinski definition) is 7. The van der Waals surface area contributed by atoms with Gasteiger partial charge in [0.15, 0.2) is 0 Å². The van der Waals surface area contributed by atoms with Crippen molar-refractivity contribution in [2.24, 2.45) is 0 Å². The molecule has 0 saturated carbocycles. The number of rotatable bonds is 4. The smallest absolute Gasteiger partial charge is 0.360 e. The second kappa shape index (κ2) is 7.71. The van der Waals surface area contributed by atoms with E-state index in [-0.39, 0.29) is 34.6 Å². The summed E-state index contributed by atoms with van der Waals surface area (Å²) in [6, 6.07) is 16.9. The lowest BCUT2D eigenvalue weighted by atomic mass is 10.0. The lowest BCUT2D eigenvalue weighted by molar-refractivity contribution is 0.0529. The maximum atomic E-state index is 12.6. The number of ether oxygens (including phenoxy) is 2. The first-order valence-corrected chi connectivity index (χ1v) is 9.23. The highest BCUT2D eigenvalue weighted by atomic mass is 16.5. The van der Waals surface area contributed by atoms with Crippen molar-refractivity contribution in [3.05, 3.63) is 82.2 Å². The number of hydrogen-bond donors (Lipinski definition) is 1.